The highest BCUT2D eigenvalue weighted by Gasteiger charge is 2.29. The van der Waals surface area contributed by atoms with Crippen LogP contribution in [-0.2, 0) is 22.6 Å². The number of hydrogen-bond acceptors (Lipinski definition) is 9. The fraction of sp³-hybridized carbons (Fsp3) is 0.462. The van der Waals surface area contributed by atoms with Crippen molar-refractivity contribution >= 4 is 12.0 Å². The van der Waals surface area contributed by atoms with Gasteiger partial charge in [-0.15, -0.1) is 10.2 Å². The molecule has 0 aliphatic carbocycles. The average molecular weight is 542 g/mol. The molecule has 1 aliphatic rings. The van der Waals surface area contributed by atoms with Gasteiger partial charge in [-0.1, -0.05) is 6.07 Å². The molecule has 1 aliphatic heterocycles. The Morgan fingerprint density at radius 3 is 2.77 bits per heavy atom. The number of methoxy groups -OCH3 is 1. The number of nitrogens with zero attached hydrogens (tertiary/aromatic N) is 6. The summed E-state index contributed by atoms with van der Waals surface area (Å²) in [6.07, 6.45) is -0.724. The van der Waals surface area contributed by atoms with E-state index in [-0.39, 0.29) is 36.7 Å². The lowest BCUT2D eigenvalue weighted by molar-refractivity contribution is -0.0497. The third-order valence-corrected chi connectivity index (χ3v) is 5.72. The van der Waals surface area contributed by atoms with E-state index in [9.17, 15) is 14.0 Å². The zero-order valence-electron chi connectivity index (χ0n) is 22.6. The van der Waals surface area contributed by atoms with Gasteiger partial charge in [-0.05, 0) is 62.7 Å². The molecule has 1 atom stereocenters. The molecular formula is C26H32FN7O5. The van der Waals surface area contributed by atoms with Crippen molar-refractivity contribution in [3.8, 4) is 17.1 Å². The predicted molar refractivity (Wildman–Crippen MR) is 137 cm³/mol. The number of pyridine rings is 1. The Hall–Kier alpha value is -4.13. The molecule has 1 aromatic carbocycles. The van der Waals surface area contributed by atoms with Gasteiger partial charge in [0.2, 0.25) is 5.82 Å². The van der Waals surface area contributed by atoms with Crippen molar-refractivity contribution in [2.75, 3.05) is 26.8 Å². The quantitative estimate of drug-likeness (QED) is 0.479. The van der Waals surface area contributed by atoms with Gasteiger partial charge in [-0.3, -0.25) is 4.79 Å². The van der Waals surface area contributed by atoms with Crippen molar-refractivity contribution in [2.24, 2.45) is 0 Å². The van der Waals surface area contributed by atoms with Crippen molar-refractivity contribution < 1.29 is 28.2 Å². The second kappa shape index (κ2) is 11.7. The maximum atomic E-state index is 13.7. The number of ether oxygens (including phenoxy) is 3. The number of hydrogen-bond donors (Lipinski definition) is 1. The van der Waals surface area contributed by atoms with Gasteiger partial charge in [-0.2, -0.15) is 4.80 Å². The molecule has 0 saturated carbocycles. The molecule has 39 heavy (non-hydrogen) atoms. The van der Waals surface area contributed by atoms with Gasteiger partial charge in [0.25, 0.3) is 5.91 Å². The first-order valence-corrected chi connectivity index (χ1v) is 12.5. The van der Waals surface area contributed by atoms with E-state index in [1.807, 2.05) is 20.8 Å². The van der Waals surface area contributed by atoms with Crippen LogP contribution in [0.5, 0.6) is 5.75 Å². The van der Waals surface area contributed by atoms with E-state index in [2.05, 4.69) is 25.7 Å². The molecule has 12 nitrogen and oxygen atoms in total. The molecule has 4 rings (SSSR count). The number of aryl methyl sites for hydroxylation is 1. The summed E-state index contributed by atoms with van der Waals surface area (Å²) in [6, 6.07) is 7.71. The number of benzene rings is 1. The highest BCUT2D eigenvalue weighted by atomic mass is 19.1. The molecule has 13 heteroatoms. The smallest absolute Gasteiger partial charge is 0.410 e. The number of morpholine rings is 1. The topological polar surface area (TPSA) is 134 Å². The summed E-state index contributed by atoms with van der Waals surface area (Å²) in [6.45, 7) is 8.82. The van der Waals surface area contributed by atoms with Crippen LogP contribution in [0.1, 0.15) is 42.5 Å². The van der Waals surface area contributed by atoms with Crippen molar-refractivity contribution in [1.82, 2.24) is 35.4 Å². The number of aromatic nitrogens is 5. The Kier molecular flexibility index (Phi) is 8.38. The minimum atomic E-state index is -0.583. The van der Waals surface area contributed by atoms with E-state index < -0.39 is 17.3 Å². The van der Waals surface area contributed by atoms with Crippen LogP contribution in [-0.4, -0.2) is 80.6 Å². The molecule has 1 N–H and O–H groups in total. The van der Waals surface area contributed by atoms with Crippen molar-refractivity contribution in [3.05, 3.63) is 53.1 Å². The van der Waals surface area contributed by atoms with Crippen molar-refractivity contribution in [1.29, 1.82) is 0 Å². The molecule has 2 aromatic heterocycles. The van der Waals surface area contributed by atoms with Crippen LogP contribution >= 0.6 is 0 Å². The minimum absolute atomic E-state index is 0.100. The Morgan fingerprint density at radius 2 is 2.03 bits per heavy atom. The zero-order valence-corrected chi connectivity index (χ0v) is 22.6. The normalized spacial score (nSPS) is 15.6. The van der Waals surface area contributed by atoms with Crippen molar-refractivity contribution in [2.45, 2.75) is 52.5 Å². The van der Waals surface area contributed by atoms with Gasteiger partial charge in [-0.25, -0.2) is 14.2 Å². The third-order valence-electron chi connectivity index (χ3n) is 5.72. The molecule has 3 aromatic rings. The maximum Gasteiger partial charge on any atom is 0.410 e. The number of amides is 2. The molecule has 1 saturated heterocycles. The van der Waals surface area contributed by atoms with Gasteiger partial charge in [0.1, 0.15) is 11.3 Å². The summed E-state index contributed by atoms with van der Waals surface area (Å²) in [5.74, 6) is -0.470. The summed E-state index contributed by atoms with van der Waals surface area (Å²) in [4.78, 5) is 32.6. The molecule has 1 unspecified atom stereocenters. The molecule has 0 bridgehead atoms. The van der Waals surface area contributed by atoms with E-state index in [0.29, 0.717) is 42.3 Å². The largest absolute Gasteiger partial charge is 0.494 e. The summed E-state index contributed by atoms with van der Waals surface area (Å²) in [5, 5.41) is 15.5. The lowest BCUT2D eigenvalue weighted by Gasteiger charge is -2.33. The van der Waals surface area contributed by atoms with Gasteiger partial charge in [0.15, 0.2) is 11.6 Å². The molecule has 2 amide bonds. The van der Waals surface area contributed by atoms with Gasteiger partial charge in [0, 0.05) is 24.3 Å². The SMILES string of the molecule is COc1cc(CNC(=O)c2cc(-c3nnn(CC4CN(C(=O)OC(C)(C)C)CCO4)n3)cc(C)n2)ccc1F. The summed E-state index contributed by atoms with van der Waals surface area (Å²) in [5.41, 5.74) is 1.44. The summed E-state index contributed by atoms with van der Waals surface area (Å²) in [7, 11) is 1.38. The van der Waals surface area contributed by atoms with Gasteiger partial charge in [0.05, 0.1) is 32.9 Å². The number of tetrazole rings is 1. The van der Waals surface area contributed by atoms with Crippen LogP contribution in [0.15, 0.2) is 30.3 Å². The molecule has 3 heterocycles. The fourth-order valence-corrected chi connectivity index (χ4v) is 3.94. The number of halogens is 1. The van der Waals surface area contributed by atoms with E-state index in [1.165, 1.54) is 24.0 Å². The summed E-state index contributed by atoms with van der Waals surface area (Å²) >= 11 is 0. The summed E-state index contributed by atoms with van der Waals surface area (Å²) < 4.78 is 29.9. The van der Waals surface area contributed by atoms with Gasteiger partial charge >= 0.3 is 6.09 Å². The number of rotatable bonds is 7. The minimum Gasteiger partial charge on any atom is -0.494 e. The lowest BCUT2D eigenvalue weighted by Crippen LogP contribution is -2.48. The Balaban J connectivity index is 1.40. The maximum absolute atomic E-state index is 13.7. The molecule has 208 valence electrons. The third kappa shape index (κ3) is 7.47. The highest BCUT2D eigenvalue weighted by Crippen LogP contribution is 2.20. The lowest BCUT2D eigenvalue weighted by atomic mass is 10.1. The highest BCUT2D eigenvalue weighted by molar-refractivity contribution is 5.93. The Morgan fingerprint density at radius 1 is 1.23 bits per heavy atom. The number of nitrogens with one attached hydrogen (secondary N) is 1. The molecule has 0 radical (unpaired) electrons. The molecule has 1 fully saturated rings. The first-order chi connectivity index (χ1) is 18.5. The van der Waals surface area contributed by atoms with Crippen molar-refractivity contribution in [3.63, 3.8) is 0 Å². The molecular weight excluding hydrogens is 509 g/mol. The fourth-order valence-electron chi connectivity index (χ4n) is 3.94. The standard InChI is InChI=1S/C26H32FN7O5/c1-16-10-18(12-21(29-16)24(35)28-13-17-6-7-20(27)22(11-17)37-5)23-30-32-34(31-23)15-19-14-33(8-9-38-19)25(36)39-26(2,3)4/h6-7,10-12,19H,8-9,13-15H2,1-5H3,(H,28,35). The van der Waals surface area contributed by atoms with Gasteiger partial charge < -0.3 is 24.4 Å². The van der Waals surface area contributed by atoms with Crippen LogP contribution in [0.4, 0.5) is 9.18 Å². The van der Waals surface area contributed by atoms with Crippen LogP contribution in [0, 0.1) is 12.7 Å². The van der Waals surface area contributed by atoms with Crippen LogP contribution < -0.4 is 10.1 Å². The predicted octanol–water partition coefficient (Wildman–Crippen LogP) is 2.76. The average Bonchev–Trinajstić information content (AvgIpc) is 3.35. The van der Waals surface area contributed by atoms with E-state index >= 15 is 0 Å². The Bertz CT molecular complexity index is 1340. The second-order valence-corrected chi connectivity index (χ2v) is 10.1. The van der Waals surface area contributed by atoms with Crippen LogP contribution in [0.2, 0.25) is 0 Å². The number of carbonyl (C=O) groups is 2. The number of carbonyl (C=O) groups excluding carboxylic acids is 2. The van der Waals surface area contributed by atoms with Crippen LogP contribution in [0.3, 0.4) is 0 Å². The first kappa shape index (κ1) is 27.9. The van der Waals surface area contributed by atoms with E-state index in [0.717, 1.165) is 0 Å². The first-order valence-electron chi connectivity index (χ1n) is 12.5. The zero-order chi connectivity index (χ0) is 28.2. The van der Waals surface area contributed by atoms with E-state index in [1.54, 1.807) is 30.0 Å². The Labute approximate surface area is 225 Å². The monoisotopic (exact) mass is 541 g/mol. The molecule has 0 spiro atoms. The van der Waals surface area contributed by atoms with Crippen LogP contribution in [0.25, 0.3) is 11.4 Å². The van der Waals surface area contributed by atoms with E-state index in [4.69, 9.17) is 14.2 Å². The second-order valence-electron chi connectivity index (χ2n) is 10.1.